The third-order valence-electron chi connectivity index (χ3n) is 1.13. The number of amides is 1. The number of rotatable bonds is 3. The number of hydrogen-bond donors (Lipinski definition) is 1. The van der Waals surface area contributed by atoms with Crippen molar-refractivity contribution in [1.82, 2.24) is 15.6 Å². The van der Waals surface area contributed by atoms with E-state index in [1.165, 1.54) is 6.20 Å². The lowest BCUT2D eigenvalue weighted by atomic mass is 10.4. The van der Waals surface area contributed by atoms with Crippen molar-refractivity contribution in [3.05, 3.63) is 11.9 Å². The van der Waals surface area contributed by atoms with Gasteiger partial charge in [0.1, 0.15) is 6.20 Å². The van der Waals surface area contributed by atoms with E-state index in [2.05, 4.69) is 20.3 Å². The summed E-state index contributed by atoms with van der Waals surface area (Å²) in [7, 11) is 0. The molecule has 0 unspecified atom stereocenters. The molecule has 11 heavy (non-hydrogen) atoms. The second kappa shape index (κ2) is 3.70. The molecule has 0 fully saturated rings. The molecule has 0 aliphatic rings. The minimum Gasteiger partial charge on any atom is -0.351 e. The number of carbonyl (C=O) groups excluding carboxylic acids is 1. The van der Waals surface area contributed by atoms with E-state index >= 15 is 0 Å². The first kappa shape index (κ1) is 7.71. The molecule has 0 saturated heterocycles. The Labute approximate surface area is 63.7 Å². The molecule has 0 radical (unpaired) electrons. The first-order valence-electron chi connectivity index (χ1n) is 3.40. The van der Waals surface area contributed by atoms with Crippen LogP contribution in [-0.4, -0.2) is 22.8 Å². The van der Waals surface area contributed by atoms with E-state index in [1.807, 2.05) is 6.92 Å². The maximum Gasteiger partial charge on any atom is 0.275 e. The largest absolute Gasteiger partial charge is 0.351 e. The molecule has 1 aromatic heterocycles. The molecule has 1 aromatic rings. The monoisotopic (exact) mass is 155 g/mol. The molecule has 0 aliphatic carbocycles. The summed E-state index contributed by atoms with van der Waals surface area (Å²) in [5.74, 6) is -0.242. The quantitative estimate of drug-likeness (QED) is 0.677. The summed E-state index contributed by atoms with van der Waals surface area (Å²) in [6.45, 7) is 2.62. The van der Waals surface area contributed by atoms with Gasteiger partial charge in [-0.15, -0.1) is 0 Å². The van der Waals surface area contributed by atoms with Gasteiger partial charge in [0.05, 0.1) is 0 Å². The standard InChI is InChI=1S/C6H9N3O2/c1-2-3-7-6(10)5-4-8-11-9-5/h4H,2-3H2,1H3,(H,7,10). The van der Waals surface area contributed by atoms with E-state index in [0.717, 1.165) is 6.42 Å². The van der Waals surface area contributed by atoms with Gasteiger partial charge in [-0.2, -0.15) is 0 Å². The van der Waals surface area contributed by atoms with Crippen molar-refractivity contribution in [2.75, 3.05) is 6.54 Å². The highest BCUT2D eigenvalue weighted by Gasteiger charge is 2.07. The van der Waals surface area contributed by atoms with Crippen LogP contribution in [0.4, 0.5) is 0 Å². The highest BCUT2D eigenvalue weighted by molar-refractivity contribution is 5.91. The number of hydrogen-bond acceptors (Lipinski definition) is 4. The summed E-state index contributed by atoms with van der Waals surface area (Å²) in [6.07, 6.45) is 2.18. The maximum atomic E-state index is 11.0. The van der Waals surface area contributed by atoms with Gasteiger partial charge in [0.25, 0.3) is 5.91 Å². The van der Waals surface area contributed by atoms with E-state index in [9.17, 15) is 4.79 Å². The molecule has 1 rings (SSSR count). The summed E-state index contributed by atoms with van der Waals surface area (Å²) >= 11 is 0. The zero-order valence-corrected chi connectivity index (χ0v) is 6.20. The number of nitrogens with one attached hydrogen (secondary N) is 1. The summed E-state index contributed by atoms with van der Waals surface area (Å²) in [5, 5.41) is 9.31. The predicted octanol–water partition coefficient (Wildman–Crippen LogP) is 0.209. The molecule has 1 N–H and O–H groups in total. The van der Waals surface area contributed by atoms with E-state index < -0.39 is 0 Å². The molecule has 0 aliphatic heterocycles. The zero-order valence-electron chi connectivity index (χ0n) is 6.20. The summed E-state index contributed by atoms with van der Waals surface area (Å²) in [6, 6.07) is 0. The molecule has 5 nitrogen and oxygen atoms in total. The van der Waals surface area contributed by atoms with Crippen molar-refractivity contribution < 1.29 is 9.42 Å². The fraction of sp³-hybridized carbons (Fsp3) is 0.500. The van der Waals surface area contributed by atoms with Crippen LogP contribution in [0.25, 0.3) is 0 Å². The topological polar surface area (TPSA) is 68.0 Å². The molecule has 0 spiro atoms. The number of carbonyl (C=O) groups is 1. The molecule has 5 heteroatoms. The van der Waals surface area contributed by atoms with Crippen molar-refractivity contribution >= 4 is 5.91 Å². The van der Waals surface area contributed by atoms with Crippen molar-refractivity contribution in [3.8, 4) is 0 Å². The van der Waals surface area contributed by atoms with Crippen LogP contribution in [0.1, 0.15) is 23.8 Å². The van der Waals surface area contributed by atoms with E-state index in [0.29, 0.717) is 6.54 Å². The predicted molar refractivity (Wildman–Crippen MR) is 36.9 cm³/mol. The van der Waals surface area contributed by atoms with Gasteiger partial charge in [-0.3, -0.25) is 4.79 Å². The molecule has 0 aromatic carbocycles. The molecule has 1 amide bonds. The van der Waals surface area contributed by atoms with Crippen LogP contribution in [0.3, 0.4) is 0 Å². The van der Waals surface area contributed by atoms with Crippen LogP contribution in [0, 0.1) is 0 Å². The first-order chi connectivity index (χ1) is 5.34. The highest BCUT2D eigenvalue weighted by Crippen LogP contribution is 1.89. The Morgan fingerprint density at radius 2 is 2.64 bits per heavy atom. The normalized spacial score (nSPS) is 9.55. The van der Waals surface area contributed by atoms with Crippen LogP contribution in [0.2, 0.25) is 0 Å². The fourth-order valence-corrected chi connectivity index (χ4v) is 0.594. The smallest absolute Gasteiger partial charge is 0.275 e. The Bertz CT molecular complexity index is 220. The van der Waals surface area contributed by atoms with Gasteiger partial charge in [-0.05, 0) is 11.6 Å². The van der Waals surface area contributed by atoms with Gasteiger partial charge >= 0.3 is 0 Å². The fourth-order valence-electron chi connectivity index (χ4n) is 0.594. The van der Waals surface area contributed by atoms with Crippen molar-refractivity contribution in [2.45, 2.75) is 13.3 Å². The molecular formula is C6H9N3O2. The number of aromatic nitrogens is 2. The molecule has 0 bridgehead atoms. The van der Waals surface area contributed by atoms with Gasteiger partial charge in [0, 0.05) is 6.54 Å². The van der Waals surface area contributed by atoms with E-state index in [1.54, 1.807) is 0 Å². The summed E-state index contributed by atoms with van der Waals surface area (Å²) in [5.41, 5.74) is 0.221. The Morgan fingerprint density at radius 1 is 1.82 bits per heavy atom. The van der Waals surface area contributed by atoms with Crippen molar-refractivity contribution in [3.63, 3.8) is 0 Å². The SMILES string of the molecule is CCCNC(=O)c1cnon1. The van der Waals surface area contributed by atoms with Crippen LogP contribution >= 0.6 is 0 Å². The Hall–Kier alpha value is -1.39. The Balaban J connectivity index is 2.43. The van der Waals surface area contributed by atoms with Crippen LogP contribution < -0.4 is 5.32 Å². The summed E-state index contributed by atoms with van der Waals surface area (Å²) in [4.78, 5) is 11.0. The minimum atomic E-state index is -0.242. The molecule has 60 valence electrons. The zero-order chi connectivity index (χ0) is 8.10. The molecule has 0 atom stereocenters. The van der Waals surface area contributed by atoms with E-state index in [-0.39, 0.29) is 11.6 Å². The van der Waals surface area contributed by atoms with E-state index in [4.69, 9.17) is 0 Å². The molecule has 0 saturated carbocycles. The highest BCUT2D eigenvalue weighted by atomic mass is 16.6. The van der Waals surface area contributed by atoms with Gasteiger partial charge in [-0.25, -0.2) is 4.63 Å². The van der Waals surface area contributed by atoms with Crippen LogP contribution in [0.15, 0.2) is 10.8 Å². The minimum absolute atomic E-state index is 0.221. The van der Waals surface area contributed by atoms with Crippen molar-refractivity contribution in [1.29, 1.82) is 0 Å². The van der Waals surface area contributed by atoms with Gasteiger partial charge in [0.15, 0.2) is 5.69 Å². The average molecular weight is 155 g/mol. The lowest BCUT2D eigenvalue weighted by Gasteiger charge is -1.96. The van der Waals surface area contributed by atoms with Crippen LogP contribution in [0.5, 0.6) is 0 Å². The Morgan fingerprint density at radius 3 is 3.18 bits per heavy atom. The first-order valence-corrected chi connectivity index (χ1v) is 3.40. The third kappa shape index (κ3) is 2.03. The maximum absolute atomic E-state index is 11.0. The second-order valence-corrected chi connectivity index (χ2v) is 2.05. The second-order valence-electron chi connectivity index (χ2n) is 2.05. The van der Waals surface area contributed by atoms with Crippen LogP contribution in [-0.2, 0) is 0 Å². The average Bonchev–Trinajstić information content (AvgIpc) is 2.52. The van der Waals surface area contributed by atoms with Gasteiger partial charge in [-0.1, -0.05) is 12.1 Å². The lowest BCUT2D eigenvalue weighted by Crippen LogP contribution is -2.24. The van der Waals surface area contributed by atoms with Crippen molar-refractivity contribution in [2.24, 2.45) is 0 Å². The lowest BCUT2D eigenvalue weighted by molar-refractivity contribution is 0.0944. The third-order valence-corrected chi connectivity index (χ3v) is 1.13. The van der Waals surface area contributed by atoms with Gasteiger partial charge in [0.2, 0.25) is 0 Å². The molecular weight excluding hydrogens is 146 g/mol. The molecule has 1 heterocycles. The Kier molecular flexibility index (Phi) is 2.59. The number of nitrogens with zero attached hydrogens (tertiary/aromatic N) is 2. The summed E-state index contributed by atoms with van der Waals surface area (Å²) < 4.78 is 4.25. The van der Waals surface area contributed by atoms with Gasteiger partial charge < -0.3 is 5.32 Å².